The summed E-state index contributed by atoms with van der Waals surface area (Å²) in [4.78, 5) is 27.6. The minimum absolute atomic E-state index is 0.0583. The molecular weight excluding hydrogens is 372 g/mol. The monoisotopic (exact) mass is 390 g/mol. The van der Waals surface area contributed by atoms with Crippen LogP contribution in [0.2, 0.25) is 5.02 Å². The highest BCUT2D eigenvalue weighted by atomic mass is 35.5. The molecule has 1 aliphatic heterocycles. The third-order valence-corrected chi connectivity index (χ3v) is 5.24. The van der Waals surface area contributed by atoms with Gasteiger partial charge in [-0.25, -0.2) is 0 Å². The largest absolute Gasteiger partial charge is 0.324 e. The van der Waals surface area contributed by atoms with Gasteiger partial charge in [0, 0.05) is 11.3 Å². The molecule has 0 aromatic heterocycles. The van der Waals surface area contributed by atoms with Crippen LogP contribution in [0.3, 0.4) is 0 Å². The maximum absolute atomic E-state index is 13.4. The summed E-state index contributed by atoms with van der Waals surface area (Å²) < 4.78 is 0. The Hall–Kier alpha value is -3.11. The highest BCUT2D eigenvalue weighted by Gasteiger charge is 2.34. The number of aryl methyl sites for hydroxylation is 1. The highest BCUT2D eigenvalue weighted by Crippen LogP contribution is 2.37. The van der Waals surface area contributed by atoms with E-state index < -0.39 is 6.04 Å². The van der Waals surface area contributed by atoms with Crippen LogP contribution in [-0.4, -0.2) is 23.3 Å². The number of fused-ring (bicyclic) bond motifs is 1. The molecule has 1 aliphatic rings. The Morgan fingerprint density at radius 1 is 1.00 bits per heavy atom. The van der Waals surface area contributed by atoms with Crippen molar-refractivity contribution < 1.29 is 9.59 Å². The van der Waals surface area contributed by atoms with E-state index in [-0.39, 0.29) is 18.4 Å². The SMILES string of the molecule is Cc1ccc([C@H]2c3ccccc3NC(=O)CN2C(=O)c2ccccc2Cl)cc1. The Balaban J connectivity index is 1.89. The number of carbonyl (C=O) groups excluding carboxylic acids is 2. The predicted molar refractivity (Wildman–Crippen MR) is 111 cm³/mol. The standard InChI is InChI=1S/C23H19ClN2O2/c1-15-10-12-16(13-11-15)22-18-7-3-5-9-20(18)25-21(27)14-26(22)23(28)17-6-2-4-8-19(17)24/h2-13,22H,14H2,1H3,(H,25,27)/t22-/m0/s1. The summed E-state index contributed by atoms with van der Waals surface area (Å²) in [5, 5.41) is 3.29. The van der Waals surface area contributed by atoms with Crippen molar-refractivity contribution in [3.05, 3.63) is 100 Å². The van der Waals surface area contributed by atoms with E-state index in [0.717, 1.165) is 16.7 Å². The molecule has 3 aromatic rings. The zero-order valence-corrected chi connectivity index (χ0v) is 16.1. The van der Waals surface area contributed by atoms with Gasteiger partial charge in [0.1, 0.15) is 6.54 Å². The minimum Gasteiger partial charge on any atom is -0.324 e. The molecule has 0 unspecified atom stereocenters. The summed E-state index contributed by atoms with van der Waals surface area (Å²) in [6.45, 7) is 1.96. The molecule has 1 heterocycles. The van der Waals surface area contributed by atoms with Gasteiger partial charge in [0.2, 0.25) is 5.91 Å². The first-order valence-electron chi connectivity index (χ1n) is 9.05. The van der Waals surface area contributed by atoms with Crippen LogP contribution in [0, 0.1) is 6.92 Å². The van der Waals surface area contributed by atoms with Gasteiger partial charge in [-0.15, -0.1) is 0 Å². The number of halogens is 1. The Morgan fingerprint density at radius 3 is 2.43 bits per heavy atom. The molecule has 1 atom stereocenters. The topological polar surface area (TPSA) is 49.4 Å². The lowest BCUT2D eigenvalue weighted by molar-refractivity contribution is -0.117. The number of nitrogens with zero attached hydrogens (tertiary/aromatic N) is 1. The van der Waals surface area contributed by atoms with Crippen molar-refractivity contribution in [3.8, 4) is 0 Å². The molecule has 0 fully saturated rings. The molecular formula is C23H19ClN2O2. The number of benzene rings is 3. The number of carbonyl (C=O) groups is 2. The Morgan fingerprint density at radius 2 is 1.68 bits per heavy atom. The van der Waals surface area contributed by atoms with E-state index in [1.165, 1.54) is 0 Å². The minimum atomic E-state index is -0.403. The summed E-state index contributed by atoms with van der Waals surface area (Å²) >= 11 is 6.28. The van der Waals surface area contributed by atoms with Crippen molar-refractivity contribution in [3.63, 3.8) is 0 Å². The van der Waals surface area contributed by atoms with E-state index in [0.29, 0.717) is 16.3 Å². The molecule has 0 saturated heterocycles. The van der Waals surface area contributed by atoms with Gasteiger partial charge in [-0.1, -0.05) is 71.8 Å². The maximum atomic E-state index is 13.4. The van der Waals surface area contributed by atoms with Gasteiger partial charge in [-0.05, 0) is 30.7 Å². The molecule has 0 bridgehead atoms. The van der Waals surface area contributed by atoms with Gasteiger partial charge in [0.05, 0.1) is 16.6 Å². The number of nitrogens with one attached hydrogen (secondary N) is 1. The number of para-hydroxylation sites is 1. The molecule has 28 heavy (non-hydrogen) atoms. The molecule has 0 aliphatic carbocycles. The summed E-state index contributed by atoms with van der Waals surface area (Å²) in [6.07, 6.45) is 0. The van der Waals surface area contributed by atoms with Crippen molar-refractivity contribution in [2.45, 2.75) is 13.0 Å². The average molecular weight is 391 g/mol. The molecule has 3 aromatic carbocycles. The molecule has 2 amide bonds. The number of anilines is 1. The molecule has 140 valence electrons. The fourth-order valence-electron chi connectivity index (χ4n) is 3.54. The quantitative estimate of drug-likeness (QED) is 0.681. The van der Waals surface area contributed by atoms with E-state index in [2.05, 4.69) is 5.32 Å². The fraction of sp³-hybridized carbons (Fsp3) is 0.130. The number of rotatable bonds is 2. The maximum Gasteiger partial charge on any atom is 0.256 e. The number of hydrogen-bond acceptors (Lipinski definition) is 2. The Kier molecular flexibility index (Phi) is 4.88. The fourth-order valence-corrected chi connectivity index (χ4v) is 3.76. The third-order valence-electron chi connectivity index (χ3n) is 4.91. The van der Waals surface area contributed by atoms with Crippen molar-refractivity contribution in [1.29, 1.82) is 0 Å². The zero-order chi connectivity index (χ0) is 19.7. The van der Waals surface area contributed by atoms with Crippen molar-refractivity contribution in [2.75, 3.05) is 11.9 Å². The van der Waals surface area contributed by atoms with Crippen LogP contribution in [0.4, 0.5) is 5.69 Å². The number of hydrogen-bond donors (Lipinski definition) is 1. The third kappa shape index (κ3) is 3.39. The second kappa shape index (κ2) is 7.49. The first kappa shape index (κ1) is 18.3. The van der Waals surface area contributed by atoms with E-state index >= 15 is 0 Å². The van der Waals surface area contributed by atoms with Crippen LogP contribution in [0.15, 0.2) is 72.8 Å². The van der Waals surface area contributed by atoms with Gasteiger partial charge in [0.15, 0.2) is 0 Å². The van der Waals surface area contributed by atoms with Crippen LogP contribution in [0.5, 0.6) is 0 Å². The summed E-state index contributed by atoms with van der Waals surface area (Å²) in [5.41, 5.74) is 4.04. The average Bonchev–Trinajstić information content (AvgIpc) is 2.84. The van der Waals surface area contributed by atoms with Crippen molar-refractivity contribution >= 4 is 29.1 Å². The summed E-state index contributed by atoms with van der Waals surface area (Å²) in [5.74, 6) is -0.509. The molecule has 4 nitrogen and oxygen atoms in total. The van der Waals surface area contributed by atoms with Gasteiger partial charge in [-0.3, -0.25) is 9.59 Å². The van der Waals surface area contributed by atoms with Crippen LogP contribution in [0.1, 0.15) is 33.1 Å². The van der Waals surface area contributed by atoms with E-state index in [1.807, 2.05) is 55.5 Å². The first-order valence-corrected chi connectivity index (χ1v) is 9.43. The summed E-state index contributed by atoms with van der Waals surface area (Å²) in [6, 6.07) is 22.1. The first-order chi connectivity index (χ1) is 13.5. The lowest BCUT2D eigenvalue weighted by Gasteiger charge is -2.31. The predicted octanol–water partition coefficient (Wildman–Crippen LogP) is 4.83. The van der Waals surface area contributed by atoms with Gasteiger partial charge in [0.25, 0.3) is 5.91 Å². The van der Waals surface area contributed by atoms with Crippen molar-refractivity contribution in [1.82, 2.24) is 4.90 Å². The lowest BCUT2D eigenvalue weighted by atomic mass is 9.94. The van der Waals surface area contributed by atoms with Crippen LogP contribution in [-0.2, 0) is 4.79 Å². The van der Waals surface area contributed by atoms with Gasteiger partial charge >= 0.3 is 0 Å². The lowest BCUT2D eigenvalue weighted by Crippen LogP contribution is -2.39. The zero-order valence-electron chi connectivity index (χ0n) is 15.4. The van der Waals surface area contributed by atoms with Crippen LogP contribution < -0.4 is 5.32 Å². The highest BCUT2D eigenvalue weighted by molar-refractivity contribution is 6.33. The summed E-state index contributed by atoms with van der Waals surface area (Å²) in [7, 11) is 0. The second-order valence-electron chi connectivity index (χ2n) is 6.86. The molecule has 5 heteroatoms. The molecule has 0 saturated carbocycles. The molecule has 0 radical (unpaired) electrons. The molecule has 4 rings (SSSR count). The molecule has 0 spiro atoms. The van der Waals surface area contributed by atoms with Crippen LogP contribution in [0.25, 0.3) is 0 Å². The normalized spacial score (nSPS) is 16.1. The van der Waals surface area contributed by atoms with Crippen molar-refractivity contribution in [2.24, 2.45) is 0 Å². The van der Waals surface area contributed by atoms with E-state index in [4.69, 9.17) is 11.6 Å². The molecule has 1 N–H and O–H groups in total. The number of amides is 2. The second-order valence-corrected chi connectivity index (χ2v) is 7.27. The van der Waals surface area contributed by atoms with Gasteiger partial charge in [-0.2, -0.15) is 0 Å². The van der Waals surface area contributed by atoms with Gasteiger partial charge < -0.3 is 10.2 Å². The van der Waals surface area contributed by atoms with E-state index in [1.54, 1.807) is 29.2 Å². The van der Waals surface area contributed by atoms with E-state index in [9.17, 15) is 9.59 Å². The van der Waals surface area contributed by atoms with Crippen LogP contribution >= 0.6 is 11.6 Å². The smallest absolute Gasteiger partial charge is 0.256 e. The Labute approximate surface area is 168 Å². The Bertz CT molecular complexity index is 1050.